The predicted molar refractivity (Wildman–Crippen MR) is 89.1 cm³/mol. The second kappa shape index (κ2) is 10.1. The summed E-state index contributed by atoms with van der Waals surface area (Å²) in [5.41, 5.74) is 5.53. The van der Waals surface area contributed by atoms with Crippen LogP contribution in [0.5, 0.6) is 0 Å². The fraction of sp³-hybridized carbons (Fsp3) is 0.867. The highest BCUT2D eigenvalue weighted by molar-refractivity contribution is 7.57. The summed E-state index contributed by atoms with van der Waals surface area (Å²) in [6.07, 6.45) is 5.64. The maximum absolute atomic E-state index is 12.2. The number of nitrogens with two attached hydrogens (primary N) is 1. The number of carboxylic acids is 1. The summed E-state index contributed by atoms with van der Waals surface area (Å²) in [4.78, 5) is 32.2. The second-order valence-electron chi connectivity index (χ2n) is 6.61. The van der Waals surface area contributed by atoms with Crippen molar-refractivity contribution in [1.29, 1.82) is 0 Å². The molecule has 2 atom stereocenters. The number of amides is 1. The molecule has 1 amide bonds. The van der Waals surface area contributed by atoms with E-state index < -0.39 is 25.3 Å². The lowest BCUT2D eigenvalue weighted by Crippen LogP contribution is -2.42. The van der Waals surface area contributed by atoms with Crippen LogP contribution in [0, 0.1) is 5.92 Å². The van der Waals surface area contributed by atoms with Crippen LogP contribution < -0.4 is 5.73 Å². The van der Waals surface area contributed by atoms with Gasteiger partial charge in [0, 0.05) is 25.3 Å². The van der Waals surface area contributed by atoms with Crippen LogP contribution in [0.3, 0.4) is 0 Å². The Morgan fingerprint density at radius 2 is 1.88 bits per heavy atom. The van der Waals surface area contributed by atoms with E-state index in [1.54, 1.807) is 0 Å². The molecule has 2 unspecified atom stereocenters. The molecule has 0 aliphatic heterocycles. The van der Waals surface area contributed by atoms with Gasteiger partial charge in [0.25, 0.3) is 5.91 Å². The standard InChI is InChI=1S/C15H29N2O6P/c16-13(7-8-14(18)19)15(20)17(21)9-4-10-24(22,23)11-12-5-2-1-3-6-12/h12-13,21H,1-11,16H2,(H,18,19)(H,22,23). The molecular formula is C15H29N2O6P. The molecule has 0 aromatic rings. The van der Waals surface area contributed by atoms with E-state index >= 15 is 0 Å². The van der Waals surface area contributed by atoms with Crippen LogP contribution in [0.15, 0.2) is 0 Å². The molecule has 140 valence electrons. The van der Waals surface area contributed by atoms with Gasteiger partial charge >= 0.3 is 5.97 Å². The molecule has 24 heavy (non-hydrogen) atoms. The van der Waals surface area contributed by atoms with Crippen molar-refractivity contribution in [3.05, 3.63) is 0 Å². The molecule has 1 rings (SSSR count). The van der Waals surface area contributed by atoms with Gasteiger partial charge < -0.3 is 15.7 Å². The van der Waals surface area contributed by atoms with Crippen molar-refractivity contribution in [1.82, 2.24) is 5.06 Å². The van der Waals surface area contributed by atoms with E-state index in [0.717, 1.165) is 25.7 Å². The van der Waals surface area contributed by atoms with Crippen molar-refractivity contribution in [3.63, 3.8) is 0 Å². The minimum absolute atomic E-state index is 0.0538. The van der Waals surface area contributed by atoms with E-state index in [4.69, 9.17) is 10.8 Å². The summed E-state index contributed by atoms with van der Waals surface area (Å²) in [5.74, 6) is -1.53. The van der Waals surface area contributed by atoms with Crippen LogP contribution >= 0.6 is 7.37 Å². The van der Waals surface area contributed by atoms with Gasteiger partial charge in [-0.15, -0.1) is 0 Å². The Morgan fingerprint density at radius 1 is 1.25 bits per heavy atom. The Hall–Kier alpha value is -0.950. The number of rotatable bonds is 10. The molecule has 5 N–H and O–H groups in total. The summed E-state index contributed by atoms with van der Waals surface area (Å²) in [7, 11) is -3.25. The summed E-state index contributed by atoms with van der Waals surface area (Å²) < 4.78 is 12.2. The molecule has 8 nitrogen and oxygen atoms in total. The van der Waals surface area contributed by atoms with Crippen LogP contribution in [-0.4, -0.2) is 57.1 Å². The maximum Gasteiger partial charge on any atom is 0.303 e. The molecule has 1 fully saturated rings. The lowest BCUT2D eigenvalue weighted by atomic mass is 9.91. The number of carboxylic acid groups (broad SMARTS) is 1. The zero-order chi connectivity index (χ0) is 18.2. The predicted octanol–water partition coefficient (Wildman–Crippen LogP) is 1.64. The Labute approximate surface area is 142 Å². The van der Waals surface area contributed by atoms with Gasteiger partial charge in [-0.1, -0.05) is 19.3 Å². The van der Waals surface area contributed by atoms with Crippen molar-refractivity contribution >= 4 is 19.2 Å². The summed E-state index contributed by atoms with van der Waals surface area (Å²) in [6.45, 7) is -0.0885. The van der Waals surface area contributed by atoms with Crippen molar-refractivity contribution in [3.8, 4) is 0 Å². The number of nitrogens with zero attached hydrogens (tertiary/aromatic N) is 1. The maximum atomic E-state index is 12.2. The topological polar surface area (TPSA) is 141 Å². The van der Waals surface area contributed by atoms with Crippen LogP contribution in [0.1, 0.15) is 51.4 Å². The molecule has 0 bridgehead atoms. The quantitative estimate of drug-likeness (QED) is 0.262. The molecule has 0 aromatic heterocycles. The van der Waals surface area contributed by atoms with E-state index in [1.165, 1.54) is 6.42 Å². The van der Waals surface area contributed by atoms with Crippen molar-refractivity contribution in [2.45, 2.75) is 57.4 Å². The van der Waals surface area contributed by atoms with Gasteiger partial charge in [-0.25, -0.2) is 5.06 Å². The number of carbonyl (C=O) groups is 2. The monoisotopic (exact) mass is 364 g/mol. The number of carbonyl (C=O) groups excluding carboxylic acids is 1. The van der Waals surface area contributed by atoms with Gasteiger partial charge in [-0.2, -0.15) is 0 Å². The fourth-order valence-electron chi connectivity index (χ4n) is 3.04. The Bertz CT molecular complexity index is 467. The smallest absolute Gasteiger partial charge is 0.303 e. The third-order valence-corrected chi connectivity index (χ3v) is 6.49. The first-order valence-electron chi connectivity index (χ1n) is 8.50. The molecule has 1 saturated carbocycles. The molecule has 0 heterocycles. The third-order valence-electron chi connectivity index (χ3n) is 4.39. The average Bonchev–Trinajstić information content (AvgIpc) is 2.51. The SMILES string of the molecule is NC(CCC(=O)O)C(=O)N(O)CCCP(=O)(O)CC1CCCCC1. The van der Waals surface area contributed by atoms with Crippen molar-refractivity contribution < 1.29 is 29.4 Å². The van der Waals surface area contributed by atoms with E-state index in [2.05, 4.69) is 0 Å². The number of aliphatic carboxylic acids is 1. The zero-order valence-corrected chi connectivity index (χ0v) is 14.9. The first kappa shape index (κ1) is 21.1. The van der Waals surface area contributed by atoms with Crippen LogP contribution in [0.2, 0.25) is 0 Å². The Balaban J connectivity index is 2.29. The Kier molecular flexibility index (Phi) is 8.91. The van der Waals surface area contributed by atoms with Gasteiger partial charge in [0.15, 0.2) is 0 Å². The second-order valence-corrected chi connectivity index (χ2v) is 9.12. The third kappa shape index (κ3) is 8.24. The first-order valence-corrected chi connectivity index (χ1v) is 10.5. The fourth-order valence-corrected chi connectivity index (χ4v) is 5.03. The summed E-state index contributed by atoms with van der Waals surface area (Å²) in [6, 6.07) is -1.09. The molecule has 1 aliphatic rings. The molecule has 0 saturated heterocycles. The van der Waals surface area contributed by atoms with Crippen LogP contribution in [0.25, 0.3) is 0 Å². The van der Waals surface area contributed by atoms with Crippen molar-refractivity contribution in [2.75, 3.05) is 18.9 Å². The first-order chi connectivity index (χ1) is 11.2. The average molecular weight is 364 g/mol. The number of hydrogen-bond donors (Lipinski definition) is 4. The van der Waals surface area contributed by atoms with E-state index in [1.807, 2.05) is 0 Å². The molecular weight excluding hydrogens is 335 g/mol. The van der Waals surface area contributed by atoms with Crippen LogP contribution in [-0.2, 0) is 14.2 Å². The molecule has 9 heteroatoms. The minimum Gasteiger partial charge on any atom is -0.481 e. The van der Waals surface area contributed by atoms with Gasteiger partial charge in [-0.05, 0) is 31.6 Å². The van der Waals surface area contributed by atoms with Gasteiger partial charge in [-0.3, -0.25) is 19.4 Å². The number of hydrogen-bond acceptors (Lipinski definition) is 5. The summed E-state index contributed by atoms with van der Waals surface area (Å²) in [5, 5.41) is 18.6. The highest BCUT2D eigenvalue weighted by atomic mass is 31.2. The van der Waals surface area contributed by atoms with Gasteiger partial charge in [0.1, 0.15) is 0 Å². The zero-order valence-electron chi connectivity index (χ0n) is 14.0. The molecule has 0 radical (unpaired) electrons. The Morgan fingerprint density at radius 3 is 2.46 bits per heavy atom. The number of hydroxylamine groups is 2. The largest absolute Gasteiger partial charge is 0.481 e. The van der Waals surface area contributed by atoms with Crippen LogP contribution in [0.4, 0.5) is 0 Å². The lowest BCUT2D eigenvalue weighted by Gasteiger charge is -2.24. The van der Waals surface area contributed by atoms with Crippen molar-refractivity contribution in [2.24, 2.45) is 11.7 Å². The highest BCUT2D eigenvalue weighted by Gasteiger charge is 2.26. The normalized spacial score (nSPS) is 19.5. The van der Waals surface area contributed by atoms with Gasteiger partial charge in [0.2, 0.25) is 7.37 Å². The minimum atomic E-state index is -3.25. The van der Waals surface area contributed by atoms with E-state index in [0.29, 0.717) is 17.1 Å². The highest BCUT2D eigenvalue weighted by Crippen LogP contribution is 2.45. The molecule has 1 aliphatic carbocycles. The molecule has 0 aromatic carbocycles. The van der Waals surface area contributed by atoms with E-state index in [9.17, 15) is 24.3 Å². The molecule has 0 spiro atoms. The lowest BCUT2D eigenvalue weighted by molar-refractivity contribution is -0.167. The summed E-state index contributed by atoms with van der Waals surface area (Å²) >= 11 is 0. The van der Waals surface area contributed by atoms with Gasteiger partial charge in [0.05, 0.1) is 6.04 Å². The van der Waals surface area contributed by atoms with E-state index in [-0.39, 0.29) is 32.0 Å².